The maximum Gasteiger partial charge on any atom is 0.142 e. The summed E-state index contributed by atoms with van der Waals surface area (Å²) < 4.78 is 5.35. The van der Waals surface area contributed by atoms with Crippen molar-refractivity contribution in [3.63, 3.8) is 0 Å². The highest BCUT2D eigenvalue weighted by molar-refractivity contribution is 7.80. The van der Waals surface area contributed by atoms with Gasteiger partial charge in [-0.2, -0.15) is 0 Å². The Labute approximate surface area is 109 Å². The van der Waals surface area contributed by atoms with E-state index in [4.69, 9.17) is 4.74 Å². The fourth-order valence-corrected chi connectivity index (χ4v) is 2.05. The van der Waals surface area contributed by atoms with Gasteiger partial charge in [0.15, 0.2) is 0 Å². The highest BCUT2D eigenvalue weighted by Gasteiger charge is 2.10. The number of pyridine rings is 1. The van der Waals surface area contributed by atoms with Crippen molar-refractivity contribution in [2.45, 2.75) is 4.90 Å². The van der Waals surface area contributed by atoms with E-state index in [1.54, 1.807) is 19.5 Å². The van der Waals surface area contributed by atoms with E-state index in [1.807, 2.05) is 24.3 Å². The molecule has 0 bridgehead atoms. The Balaban J connectivity index is 2.19. The largest absolute Gasteiger partial charge is 0.496 e. The Morgan fingerprint density at radius 3 is 2.94 bits per heavy atom. The number of H-pyrrole nitrogens is 1. The van der Waals surface area contributed by atoms with Gasteiger partial charge in [0.05, 0.1) is 24.4 Å². The van der Waals surface area contributed by atoms with E-state index < -0.39 is 0 Å². The van der Waals surface area contributed by atoms with Crippen molar-refractivity contribution in [3.8, 4) is 17.1 Å². The lowest BCUT2D eigenvalue weighted by molar-refractivity contribution is 0.415. The lowest BCUT2D eigenvalue weighted by Gasteiger charge is -2.06. The molecule has 0 spiro atoms. The van der Waals surface area contributed by atoms with Gasteiger partial charge in [0.1, 0.15) is 17.1 Å². The van der Waals surface area contributed by atoms with Gasteiger partial charge >= 0.3 is 0 Å². The molecule has 0 saturated carbocycles. The first-order valence-corrected chi connectivity index (χ1v) is 5.90. The van der Waals surface area contributed by atoms with Crippen molar-refractivity contribution in [2.75, 3.05) is 7.11 Å². The number of hydrogen-bond acceptors (Lipinski definition) is 4. The normalized spacial score (nSPS) is 10.8. The third-order valence-corrected chi connectivity index (χ3v) is 3.00. The van der Waals surface area contributed by atoms with Gasteiger partial charge in [0, 0.05) is 11.1 Å². The van der Waals surface area contributed by atoms with Crippen LogP contribution >= 0.6 is 12.6 Å². The summed E-state index contributed by atoms with van der Waals surface area (Å²) in [5, 5.41) is 0. The number of benzene rings is 1. The van der Waals surface area contributed by atoms with E-state index in [0.717, 1.165) is 33.1 Å². The molecule has 1 N–H and O–H groups in total. The third-order valence-electron chi connectivity index (χ3n) is 2.73. The van der Waals surface area contributed by atoms with Crippen molar-refractivity contribution in [3.05, 3.63) is 36.7 Å². The molecule has 3 aromatic rings. The fourth-order valence-electron chi connectivity index (χ4n) is 1.86. The Kier molecular flexibility index (Phi) is 2.68. The molecular formula is C13H11N3OS. The summed E-state index contributed by atoms with van der Waals surface area (Å²) >= 11 is 4.30. The van der Waals surface area contributed by atoms with Gasteiger partial charge in [-0.3, -0.25) is 4.98 Å². The lowest BCUT2D eigenvalue weighted by atomic mass is 10.2. The van der Waals surface area contributed by atoms with E-state index in [9.17, 15) is 0 Å². The second-order valence-corrected chi connectivity index (χ2v) is 4.38. The van der Waals surface area contributed by atoms with Gasteiger partial charge in [-0.15, -0.1) is 12.6 Å². The van der Waals surface area contributed by atoms with Crippen LogP contribution in [0.25, 0.3) is 22.4 Å². The molecular weight excluding hydrogens is 246 g/mol. The van der Waals surface area contributed by atoms with Crippen LogP contribution in [0.1, 0.15) is 0 Å². The average Bonchev–Trinajstić information content (AvgIpc) is 2.82. The van der Waals surface area contributed by atoms with Gasteiger partial charge in [-0.25, -0.2) is 4.98 Å². The monoisotopic (exact) mass is 257 g/mol. The number of nitrogens with zero attached hydrogens (tertiary/aromatic N) is 2. The number of rotatable bonds is 2. The van der Waals surface area contributed by atoms with E-state index in [0.29, 0.717) is 0 Å². The molecule has 0 saturated heterocycles. The number of nitrogens with one attached hydrogen (secondary N) is 1. The molecule has 90 valence electrons. The molecule has 0 amide bonds. The standard InChI is InChI=1S/C13H11N3OS/c1-17-12-6-8(18)2-3-9(12)13-15-10-4-5-14-7-11(10)16-13/h2-7,18H,1H3,(H,15,16). The van der Waals surface area contributed by atoms with E-state index in [2.05, 4.69) is 27.6 Å². The van der Waals surface area contributed by atoms with E-state index in [1.165, 1.54) is 0 Å². The van der Waals surface area contributed by atoms with Crippen LogP contribution in [0.2, 0.25) is 0 Å². The van der Waals surface area contributed by atoms with Gasteiger partial charge in [-0.05, 0) is 24.3 Å². The van der Waals surface area contributed by atoms with Crippen LogP contribution in [0, 0.1) is 0 Å². The number of ether oxygens (including phenoxy) is 1. The van der Waals surface area contributed by atoms with Crippen LogP contribution in [0.4, 0.5) is 0 Å². The summed E-state index contributed by atoms with van der Waals surface area (Å²) in [6, 6.07) is 7.61. The lowest BCUT2D eigenvalue weighted by Crippen LogP contribution is -1.89. The van der Waals surface area contributed by atoms with Crippen molar-refractivity contribution in [1.82, 2.24) is 15.0 Å². The molecule has 18 heavy (non-hydrogen) atoms. The Hall–Kier alpha value is -2.01. The molecule has 4 nitrogen and oxygen atoms in total. The molecule has 2 aromatic heterocycles. The summed E-state index contributed by atoms with van der Waals surface area (Å²) in [5.41, 5.74) is 2.70. The predicted octanol–water partition coefficient (Wildman–Crippen LogP) is 2.92. The summed E-state index contributed by atoms with van der Waals surface area (Å²) in [6.45, 7) is 0. The number of thiol groups is 1. The minimum absolute atomic E-state index is 0.745. The van der Waals surface area contributed by atoms with Gasteiger partial charge in [-0.1, -0.05) is 0 Å². The summed E-state index contributed by atoms with van der Waals surface area (Å²) in [7, 11) is 1.64. The Bertz CT molecular complexity index is 675. The first-order chi connectivity index (χ1) is 8.78. The zero-order chi connectivity index (χ0) is 12.5. The van der Waals surface area contributed by atoms with Crippen molar-refractivity contribution in [2.24, 2.45) is 0 Å². The Morgan fingerprint density at radius 2 is 2.17 bits per heavy atom. The molecule has 0 aliphatic heterocycles. The number of hydrogen-bond donors (Lipinski definition) is 2. The molecule has 3 rings (SSSR count). The van der Waals surface area contributed by atoms with Crippen LogP contribution in [0.3, 0.4) is 0 Å². The smallest absolute Gasteiger partial charge is 0.142 e. The quantitative estimate of drug-likeness (QED) is 0.694. The molecule has 0 fully saturated rings. The Morgan fingerprint density at radius 1 is 1.28 bits per heavy atom. The highest BCUT2D eigenvalue weighted by Crippen LogP contribution is 2.31. The molecule has 0 unspecified atom stereocenters. The molecule has 2 heterocycles. The van der Waals surface area contributed by atoms with Crippen LogP contribution in [-0.2, 0) is 0 Å². The second kappa shape index (κ2) is 4.34. The molecule has 0 aliphatic carbocycles. The maximum atomic E-state index is 5.35. The van der Waals surface area contributed by atoms with Crippen molar-refractivity contribution >= 4 is 23.7 Å². The number of aromatic nitrogens is 3. The highest BCUT2D eigenvalue weighted by atomic mass is 32.1. The molecule has 1 aromatic carbocycles. The molecule has 5 heteroatoms. The first-order valence-electron chi connectivity index (χ1n) is 5.45. The zero-order valence-electron chi connectivity index (χ0n) is 9.71. The van der Waals surface area contributed by atoms with Crippen molar-refractivity contribution < 1.29 is 4.74 Å². The predicted molar refractivity (Wildman–Crippen MR) is 73.1 cm³/mol. The number of imidazole rings is 1. The van der Waals surface area contributed by atoms with Crippen LogP contribution in [0.15, 0.2) is 41.6 Å². The number of methoxy groups -OCH3 is 1. The topological polar surface area (TPSA) is 50.8 Å². The first kappa shape index (κ1) is 11.1. The van der Waals surface area contributed by atoms with Gasteiger partial charge in [0.2, 0.25) is 0 Å². The molecule has 0 atom stereocenters. The molecule has 0 aliphatic rings. The number of fused-ring (bicyclic) bond motifs is 1. The van der Waals surface area contributed by atoms with Crippen molar-refractivity contribution in [1.29, 1.82) is 0 Å². The van der Waals surface area contributed by atoms with Crippen LogP contribution in [-0.4, -0.2) is 22.1 Å². The minimum atomic E-state index is 0.745. The minimum Gasteiger partial charge on any atom is -0.496 e. The summed E-state index contributed by atoms with van der Waals surface area (Å²) in [4.78, 5) is 12.7. The van der Waals surface area contributed by atoms with E-state index in [-0.39, 0.29) is 0 Å². The van der Waals surface area contributed by atoms with Crippen LogP contribution < -0.4 is 4.74 Å². The summed E-state index contributed by atoms with van der Waals surface area (Å²) in [6.07, 6.45) is 3.47. The van der Waals surface area contributed by atoms with E-state index >= 15 is 0 Å². The number of aromatic amines is 1. The van der Waals surface area contributed by atoms with Gasteiger partial charge in [0.25, 0.3) is 0 Å². The van der Waals surface area contributed by atoms with Gasteiger partial charge < -0.3 is 9.72 Å². The molecule has 0 radical (unpaired) electrons. The second-order valence-electron chi connectivity index (χ2n) is 3.86. The zero-order valence-corrected chi connectivity index (χ0v) is 10.6. The average molecular weight is 257 g/mol. The fraction of sp³-hybridized carbons (Fsp3) is 0.0769. The van der Waals surface area contributed by atoms with Crippen LogP contribution in [0.5, 0.6) is 5.75 Å². The maximum absolute atomic E-state index is 5.35. The summed E-state index contributed by atoms with van der Waals surface area (Å²) in [5.74, 6) is 1.51. The SMILES string of the molecule is COc1cc(S)ccc1-c1nc2cnccc2[nH]1. The third kappa shape index (κ3) is 1.82.